The number of aryl methyl sites for hydroxylation is 1. The fourth-order valence-corrected chi connectivity index (χ4v) is 4.75. The third-order valence-electron chi connectivity index (χ3n) is 7.16. The molecule has 0 bridgehead atoms. The number of piperazine rings is 1. The number of hydrogen-bond acceptors (Lipinski definition) is 4. The molecule has 0 radical (unpaired) electrons. The highest BCUT2D eigenvalue weighted by molar-refractivity contribution is 6.04. The van der Waals surface area contributed by atoms with E-state index in [9.17, 15) is 18.0 Å². The quantitative estimate of drug-likeness (QED) is 0.323. The first-order chi connectivity index (χ1) is 19.2. The van der Waals surface area contributed by atoms with E-state index in [0.29, 0.717) is 24.2 Å². The summed E-state index contributed by atoms with van der Waals surface area (Å²) in [5.74, 6) is 5.78. The van der Waals surface area contributed by atoms with Crippen LogP contribution < -0.4 is 5.32 Å². The van der Waals surface area contributed by atoms with Crippen LogP contribution in [0, 0.1) is 18.8 Å². The SMILES string of the molecule is Cc1ccc(C(=O)Nc2ccc(CN3CCN(C)CC3)c(C(F)(F)F)c2)cc1C#Cc1cncc2ccccc12. The predicted octanol–water partition coefficient (Wildman–Crippen LogP) is 5.96. The van der Waals surface area contributed by atoms with Crippen molar-refractivity contribution in [3.8, 4) is 11.8 Å². The summed E-state index contributed by atoms with van der Waals surface area (Å²) in [5, 5.41) is 4.59. The molecule has 0 saturated carbocycles. The number of rotatable bonds is 4. The van der Waals surface area contributed by atoms with Crippen molar-refractivity contribution in [2.24, 2.45) is 0 Å². The second-order valence-electron chi connectivity index (χ2n) is 10.1. The minimum absolute atomic E-state index is 0.0921. The van der Waals surface area contributed by atoms with Crippen LogP contribution in [-0.2, 0) is 12.7 Å². The van der Waals surface area contributed by atoms with Crippen LogP contribution in [0.4, 0.5) is 18.9 Å². The van der Waals surface area contributed by atoms with Gasteiger partial charge in [0.05, 0.1) is 11.1 Å². The minimum atomic E-state index is -4.54. The lowest BCUT2D eigenvalue weighted by atomic mass is 10.0. The molecule has 1 aromatic heterocycles. The summed E-state index contributed by atoms with van der Waals surface area (Å²) in [6.45, 7) is 5.16. The Bertz CT molecular complexity index is 1610. The van der Waals surface area contributed by atoms with E-state index in [1.807, 2.05) is 43.1 Å². The normalized spacial score (nSPS) is 14.5. The Morgan fingerprint density at radius 1 is 0.950 bits per heavy atom. The maximum atomic E-state index is 14.0. The van der Waals surface area contributed by atoms with E-state index in [2.05, 4.69) is 27.0 Å². The lowest BCUT2D eigenvalue weighted by Crippen LogP contribution is -2.44. The number of amides is 1. The van der Waals surface area contributed by atoms with Gasteiger partial charge in [0, 0.05) is 72.7 Å². The van der Waals surface area contributed by atoms with E-state index in [1.54, 1.807) is 30.6 Å². The molecule has 1 fully saturated rings. The zero-order chi connectivity index (χ0) is 28.3. The van der Waals surface area contributed by atoms with Crippen LogP contribution in [0.3, 0.4) is 0 Å². The number of benzene rings is 3. The highest BCUT2D eigenvalue weighted by Crippen LogP contribution is 2.34. The lowest BCUT2D eigenvalue weighted by Gasteiger charge is -2.33. The van der Waals surface area contributed by atoms with E-state index in [0.717, 1.165) is 41.1 Å². The van der Waals surface area contributed by atoms with Crippen LogP contribution in [0.5, 0.6) is 0 Å². The summed E-state index contributed by atoms with van der Waals surface area (Å²) in [6.07, 6.45) is -1.06. The standard InChI is InChI=1S/C32H29F3N4O/c1-22-7-8-24(17-23(22)9-10-26-20-36-19-25-5-3-4-6-29(25)26)31(40)37-28-12-11-27(30(18-28)32(33,34)35)21-39-15-13-38(2)14-16-39/h3-8,11-12,17-20H,13-16,21H2,1-2H3,(H,37,40). The van der Waals surface area contributed by atoms with Crippen molar-refractivity contribution < 1.29 is 18.0 Å². The first-order valence-corrected chi connectivity index (χ1v) is 13.1. The number of aromatic nitrogens is 1. The van der Waals surface area contributed by atoms with Gasteiger partial charge in [-0.1, -0.05) is 48.2 Å². The molecule has 5 rings (SSSR count). The smallest absolute Gasteiger partial charge is 0.322 e. The fraction of sp³-hybridized carbons (Fsp3) is 0.250. The summed E-state index contributed by atoms with van der Waals surface area (Å²) < 4.78 is 41.9. The van der Waals surface area contributed by atoms with Crippen molar-refractivity contribution in [2.45, 2.75) is 19.6 Å². The van der Waals surface area contributed by atoms with Crippen molar-refractivity contribution in [3.05, 3.63) is 106 Å². The molecule has 0 aliphatic carbocycles. The van der Waals surface area contributed by atoms with Crippen LogP contribution in [0.1, 0.15) is 38.2 Å². The van der Waals surface area contributed by atoms with Gasteiger partial charge in [-0.3, -0.25) is 14.7 Å². The molecule has 40 heavy (non-hydrogen) atoms. The Morgan fingerprint density at radius 3 is 2.48 bits per heavy atom. The largest absolute Gasteiger partial charge is 0.416 e. The van der Waals surface area contributed by atoms with E-state index in [-0.39, 0.29) is 17.8 Å². The van der Waals surface area contributed by atoms with Gasteiger partial charge in [-0.15, -0.1) is 0 Å². The van der Waals surface area contributed by atoms with Gasteiger partial charge in [0.25, 0.3) is 5.91 Å². The minimum Gasteiger partial charge on any atom is -0.322 e. The Labute approximate surface area is 231 Å². The summed E-state index contributed by atoms with van der Waals surface area (Å²) in [5.41, 5.74) is 2.16. The van der Waals surface area contributed by atoms with E-state index >= 15 is 0 Å². The van der Waals surface area contributed by atoms with Gasteiger partial charge in [-0.2, -0.15) is 13.2 Å². The number of pyridine rings is 1. The Kier molecular flexibility index (Phi) is 7.88. The summed E-state index contributed by atoms with van der Waals surface area (Å²) in [7, 11) is 2.00. The van der Waals surface area contributed by atoms with E-state index in [1.165, 1.54) is 12.1 Å². The number of alkyl halides is 3. The van der Waals surface area contributed by atoms with Gasteiger partial charge in [0.15, 0.2) is 0 Å². The van der Waals surface area contributed by atoms with Gasteiger partial charge >= 0.3 is 6.18 Å². The molecule has 1 aliphatic rings. The molecule has 5 nitrogen and oxygen atoms in total. The van der Waals surface area contributed by atoms with Crippen LogP contribution in [0.2, 0.25) is 0 Å². The molecular weight excluding hydrogens is 513 g/mol. The third kappa shape index (κ3) is 6.33. The van der Waals surface area contributed by atoms with Gasteiger partial charge in [0.2, 0.25) is 0 Å². The average Bonchev–Trinajstić information content (AvgIpc) is 2.94. The monoisotopic (exact) mass is 542 g/mol. The van der Waals surface area contributed by atoms with Crippen molar-refractivity contribution in [1.29, 1.82) is 0 Å². The van der Waals surface area contributed by atoms with Gasteiger partial charge in [0.1, 0.15) is 0 Å². The average molecular weight is 543 g/mol. The van der Waals surface area contributed by atoms with E-state index in [4.69, 9.17) is 0 Å². The number of nitrogens with one attached hydrogen (secondary N) is 1. The summed E-state index contributed by atoms with van der Waals surface area (Å²) in [4.78, 5) is 21.5. The van der Waals surface area contributed by atoms with E-state index < -0.39 is 17.6 Å². The molecule has 8 heteroatoms. The molecule has 3 aromatic carbocycles. The molecule has 1 saturated heterocycles. The molecule has 1 aliphatic heterocycles. The second kappa shape index (κ2) is 11.5. The number of nitrogens with zero attached hydrogens (tertiary/aromatic N) is 3. The zero-order valence-electron chi connectivity index (χ0n) is 22.3. The van der Waals surface area contributed by atoms with Crippen molar-refractivity contribution in [2.75, 3.05) is 38.5 Å². The number of fused-ring (bicyclic) bond motifs is 1. The van der Waals surface area contributed by atoms with Crippen LogP contribution in [0.15, 0.2) is 73.1 Å². The Hall–Kier alpha value is -4.19. The number of likely N-dealkylation sites (N-methyl/N-ethyl adjacent to an activating group) is 1. The van der Waals surface area contributed by atoms with Crippen molar-refractivity contribution in [3.63, 3.8) is 0 Å². The maximum absolute atomic E-state index is 14.0. The topological polar surface area (TPSA) is 48.5 Å². The number of hydrogen-bond donors (Lipinski definition) is 1. The van der Waals surface area contributed by atoms with Gasteiger partial charge in [-0.05, 0) is 49.4 Å². The predicted molar refractivity (Wildman–Crippen MR) is 151 cm³/mol. The molecular formula is C32H29F3N4O. The molecule has 204 valence electrons. The van der Waals surface area contributed by atoms with Gasteiger partial charge < -0.3 is 10.2 Å². The lowest BCUT2D eigenvalue weighted by molar-refractivity contribution is -0.138. The number of carbonyl (C=O) groups is 1. The summed E-state index contributed by atoms with van der Waals surface area (Å²) >= 11 is 0. The first-order valence-electron chi connectivity index (χ1n) is 13.1. The molecule has 1 amide bonds. The fourth-order valence-electron chi connectivity index (χ4n) is 4.75. The second-order valence-corrected chi connectivity index (χ2v) is 10.1. The molecule has 0 atom stereocenters. The highest BCUT2D eigenvalue weighted by Gasteiger charge is 2.34. The maximum Gasteiger partial charge on any atom is 0.416 e. The van der Waals surface area contributed by atoms with Crippen LogP contribution >= 0.6 is 0 Å². The zero-order valence-corrected chi connectivity index (χ0v) is 22.3. The molecule has 2 heterocycles. The van der Waals surface area contributed by atoms with Gasteiger partial charge in [-0.25, -0.2) is 0 Å². The molecule has 0 spiro atoms. The Morgan fingerprint density at radius 2 is 1.70 bits per heavy atom. The number of carbonyl (C=O) groups excluding carboxylic acids is 1. The van der Waals surface area contributed by atoms with Crippen LogP contribution in [-0.4, -0.2) is 53.9 Å². The van der Waals surface area contributed by atoms with Crippen molar-refractivity contribution in [1.82, 2.24) is 14.8 Å². The molecule has 4 aromatic rings. The molecule has 1 N–H and O–H groups in total. The first kappa shape index (κ1) is 27.4. The highest BCUT2D eigenvalue weighted by atomic mass is 19.4. The third-order valence-corrected chi connectivity index (χ3v) is 7.16. The Balaban J connectivity index is 1.36. The molecule has 0 unspecified atom stereocenters. The number of anilines is 1. The summed E-state index contributed by atoms with van der Waals surface area (Å²) in [6, 6.07) is 16.9. The number of halogens is 3. The van der Waals surface area contributed by atoms with Crippen molar-refractivity contribution >= 4 is 22.4 Å². The van der Waals surface area contributed by atoms with Crippen LogP contribution in [0.25, 0.3) is 10.8 Å².